The summed E-state index contributed by atoms with van der Waals surface area (Å²) in [7, 11) is 0. The monoisotopic (exact) mass is 319 g/mol. The van der Waals surface area contributed by atoms with Crippen LogP contribution in [0.5, 0.6) is 0 Å². The maximum absolute atomic E-state index is 10.2. The summed E-state index contributed by atoms with van der Waals surface area (Å²) in [6.07, 6.45) is -0.138. The lowest BCUT2D eigenvalue weighted by atomic mass is 10.0. The summed E-state index contributed by atoms with van der Waals surface area (Å²) in [5.74, 6) is -1.46. The van der Waals surface area contributed by atoms with E-state index in [0.717, 1.165) is 0 Å². The molecule has 2 aliphatic heterocycles. The average Bonchev–Trinajstić information content (AvgIpc) is 2.99. The maximum atomic E-state index is 10.2. The van der Waals surface area contributed by atoms with Gasteiger partial charge in [-0.05, 0) is 12.0 Å². The zero-order chi connectivity index (χ0) is 14.5. The molecule has 0 amide bonds. The molecule has 3 atom stereocenters. The van der Waals surface area contributed by atoms with Crippen LogP contribution in [0, 0.1) is 0 Å². The van der Waals surface area contributed by atoms with Gasteiger partial charge in [0.25, 0.3) is 5.85 Å². The van der Waals surface area contributed by atoms with Crippen LogP contribution >= 0.6 is 12.4 Å². The predicted molar refractivity (Wildman–Crippen MR) is 76.6 cm³/mol. The number of aromatic nitrogens is 1. The van der Waals surface area contributed by atoms with Gasteiger partial charge in [0.15, 0.2) is 0 Å². The van der Waals surface area contributed by atoms with Crippen molar-refractivity contribution in [1.29, 1.82) is 0 Å². The van der Waals surface area contributed by atoms with Crippen LogP contribution in [0.4, 0.5) is 5.69 Å². The number of halogens is 1. The lowest BCUT2D eigenvalue weighted by Gasteiger charge is -2.19. The van der Waals surface area contributed by atoms with Gasteiger partial charge in [0.1, 0.15) is 5.69 Å². The summed E-state index contributed by atoms with van der Waals surface area (Å²) < 4.78 is 0. The fourth-order valence-electron chi connectivity index (χ4n) is 2.56. The number of aliphatic hydroxyl groups excluding tert-OH is 3. The molecule has 2 aliphatic rings. The van der Waals surface area contributed by atoms with Crippen LogP contribution in [0.2, 0.25) is 0 Å². The average molecular weight is 320 g/mol. The van der Waals surface area contributed by atoms with Crippen LogP contribution in [0.15, 0.2) is 11.2 Å². The number of hydrazine groups is 1. The third kappa shape index (κ3) is 2.37. The molecule has 1 aromatic rings. The van der Waals surface area contributed by atoms with Crippen molar-refractivity contribution in [3.8, 4) is 0 Å². The van der Waals surface area contributed by atoms with Crippen molar-refractivity contribution in [3.05, 3.63) is 17.5 Å². The lowest BCUT2D eigenvalue weighted by Crippen LogP contribution is -2.42. The number of hydrogen-bond acceptors (Lipinski definition) is 8. The first-order valence-electron chi connectivity index (χ1n) is 6.29. The molecule has 0 saturated heterocycles. The first-order valence-corrected chi connectivity index (χ1v) is 6.29. The lowest BCUT2D eigenvalue weighted by molar-refractivity contribution is 0.00606. The van der Waals surface area contributed by atoms with Crippen molar-refractivity contribution in [2.45, 2.75) is 30.9 Å². The van der Waals surface area contributed by atoms with E-state index >= 15 is 0 Å². The maximum Gasteiger partial charge on any atom is 0.278 e. The number of aliphatic hydroxyl groups is 4. The second-order valence-electron chi connectivity index (χ2n) is 4.98. The van der Waals surface area contributed by atoms with Crippen LogP contribution in [-0.2, 0) is 12.3 Å². The Morgan fingerprint density at radius 2 is 2.10 bits per heavy atom. The Morgan fingerprint density at radius 1 is 1.38 bits per heavy atom. The highest BCUT2D eigenvalue weighted by Gasteiger charge is 2.50. The fraction of sp³-hybridized carbons (Fsp3) is 0.545. The summed E-state index contributed by atoms with van der Waals surface area (Å²) in [5, 5.41) is 40.0. The molecule has 8 N–H and O–H groups in total. The van der Waals surface area contributed by atoms with Crippen molar-refractivity contribution in [2.75, 3.05) is 11.6 Å². The first-order chi connectivity index (χ1) is 9.46. The third-order valence-corrected chi connectivity index (χ3v) is 3.58. The third-order valence-electron chi connectivity index (χ3n) is 3.58. The highest BCUT2D eigenvalue weighted by Crippen LogP contribution is 2.42. The summed E-state index contributed by atoms with van der Waals surface area (Å²) in [4.78, 5) is 6.77. The van der Waals surface area contributed by atoms with Crippen LogP contribution in [-0.4, -0.2) is 50.2 Å². The molecule has 0 fully saturated rings. The number of aliphatic imine (C=N–C) groups is 1. The molecule has 1 unspecified atom stereocenters. The molecule has 2 bridgehead atoms. The van der Waals surface area contributed by atoms with Gasteiger partial charge in [-0.2, -0.15) is 10.4 Å². The molecule has 1 aromatic heterocycles. The number of nitrogens with two attached hydrogens (primary N) is 1. The van der Waals surface area contributed by atoms with Crippen LogP contribution in [0.25, 0.3) is 0 Å². The van der Waals surface area contributed by atoms with Gasteiger partial charge in [0.05, 0.1) is 17.9 Å². The van der Waals surface area contributed by atoms with Gasteiger partial charge in [-0.3, -0.25) is 0 Å². The molecule has 21 heavy (non-hydrogen) atoms. The Bertz CT molecular complexity index is 565. The van der Waals surface area contributed by atoms with Crippen molar-refractivity contribution in [3.63, 3.8) is 0 Å². The van der Waals surface area contributed by atoms with Gasteiger partial charge < -0.3 is 31.1 Å². The SMILES string of the molecule is Cl.NC1=NC2(O)NN1c1c(C[C@H](O)[C@H](O)CCO)c[nH]c12. The van der Waals surface area contributed by atoms with Crippen molar-refractivity contribution in [2.24, 2.45) is 10.7 Å². The Morgan fingerprint density at radius 3 is 2.76 bits per heavy atom. The summed E-state index contributed by atoms with van der Waals surface area (Å²) in [5.41, 5.74) is 10.1. The minimum Gasteiger partial charge on any atom is -0.396 e. The molecule has 0 spiro atoms. The summed E-state index contributed by atoms with van der Waals surface area (Å²) in [6.45, 7) is -0.198. The van der Waals surface area contributed by atoms with Crippen LogP contribution in [0.3, 0.4) is 0 Å². The van der Waals surface area contributed by atoms with Crippen LogP contribution < -0.4 is 16.2 Å². The minimum atomic E-state index is -1.59. The number of guanidine groups is 1. The van der Waals surface area contributed by atoms with E-state index in [4.69, 9.17) is 10.8 Å². The number of fused-ring (bicyclic) bond motifs is 5. The van der Waals surface area contributed by atoms with E-state index < -0.39 is 18.1 Å². The fourth-order valence-corrected chi connectivity index (χ4v) is 2.56. The normalized spacial score (nSPS) is 25.3. The van der Waals surface area contributed by atoms with Crippen molar-refractivity contribution >= 4 is 24.1 Å². The molecule has 0 aliphatic carbocycles. The van der Waals surface area contributed by atoms with Gasteiger partial charge in [-0.15, -0.1) is 12.4 Å². The summed E-state index contributed by atoms with van der Waals surface area (Å²) >= 11 is 0. The Kier molecular flexibility index (Phi) is 4.15. The van der Waals surface area contributed by atoms with Crippen molar-refractivity contribution < 1.29 is 20.4 Å². The second-order valence-corrected chi connectivity index (χ2v) is 4.98. The highest BCUT2D eigenvalue weighted by molar-refractivity contribution is 6.00. The molecule has 118 valence electrons. The quantitative estimate of drug-likeness (QED) is 0.326. The van der Waals surface area contributed by atoms with Gasteiger partial charge in [-0.1, -0.05) is 0 Å². The molecular weight excluding hydrogens is 302 g/mol. The molecule has 10 heteroatoms. The number of rotatable bonds is 5. The second kappa shape index (κ2) is 5.44. The highest BCUT2D eigenvalue weighted by atomic mass is 35.5. The Hall–Kier alpha value is -1.36. The molecule has 0 aromatic carbocycles. The molecule has 0 saturated carbocycles. The van der Waals surface area contributed by atoms with E-state index in [0.29, 0.717) is 16.9 Å². The Labute approximate surface area is 126 Å². The number of nitrogens with zero attached hydrogens (tertiary/aromatic N) is 2. The zero-order valence-corrected chi connectivity index (χ0v) is 11.8. The van der Waals surface area contributed by atoms with E-state index in [2.05, 4.69) is 15.4 Å². The van der Waals surface area contributed by atoms with Crippen molar-refractivity contribution in [1.82, 2.24) is 10.4 Å². The topological polar surface area (TPSA) is 150 Å². The molecule has 0 radical (unpaired) electrons. The van der Waals surface area contributed by atoms with Crippen LogP contribution in [0.1, 0.15) is 17.7 Å². The first kappa shape index (κ1) is 16.0. The van der Waals surface area contributed by atoms with Gasteiger partial charge in [-0.25, -0.2) is 5.01 Å². The number of nitrogens with one attached hydrogen (secondary N) is 2. The summed E-state index contributed by atoms with van der Waals surface area (Å²) in [6, 6.07) is 0. The van der Waals surface area contributed by atoms with Gasteiger partial charge in [0, 0.05) is 19.2 Å². The number of H-pyrrole nitrogens is 1. The molecule has 9 nitrogen and oxygen atoms in total. The van der Waals surface area contributed by atoms with E-state index in [9.17, 15) is 15.3 Å². The largest absolute Gasteiger partial charge is 0.396 e. The van der Waals surface area contributed by atoms with Gasteiger partial charge >= 0.3 is 0 Å². The molecule has 3 heterocycles. The predicted octanol–water partition coefficient (Wildman–Crippen LogP) is -2.16. The van der Waals surface area contributed by atoms with Gasteiger partial charge in [0.2, 0.25) is 5.96 Å². The standard InChI is InChI=1S/C11H17N5O4.ClH/c12-10-14-11(20)9-8(16(10)15-11)5(4-13-9)3-7(19)6(18)1-2-17;/h4,6-7,13,15,17-20H,1-3H2,(H2,12,14);1H/t6-,7+,11?;/m1./s1. The molecular formula is C11H18ClN5O4. The van der Waals surface area contributed by atoms with E-state index in [1.165, 1.54) is 5.01 Å². The Balaban J connectivity index is 0.00000161. The number of hydrogen-bond donors (Lipinski definition) is 7. The van der Waals surface area contributed by atoms with E-state index in [-0.39, 0.29) is 37.8 Å². The number of aromatic amines is 1. The molecule has 3 rings (SSSR count). The smallest absolute Gasteiger partial charge is 0.278 e. The van der Waals surface area contributed by atoms with E-state index in [1.807, 2.05) is 0 Å². The minimum absolute atomic E-state index is 0. The van der Waals surface area contributed by atoms with E-state index in [1.54, 1.807) is 6.20 Å². The zero-order valence-electron chi connectivity index (χ0n) is 11.0. The number of anilines is 1.